The van der Waals surface area contributed by atoms with E-state index in [2.05, 4.69) is 10.6 Å². The monoisotopic (exact) mass is 471 g/mol. The van der Waals surface area contributed by atoms with Crippen molar-refractivity contribution in [3.8, 4) is 0 Å². The van der Waals surface area contributed by atoms with Gasteiger partial charge in [0.05, 0.1) is 10.5 Å². The lowest BCUT2D eigenvalue weighted by atomic mass is 9.92. The third kappa shape index (κ3) is 3.93. The van der Waals surface area contributed by atoms with Gasteiger partial charge in [-0.3, -0.25) is 29.4 Å². The summed E-state index contributed by atoms with van der Waals surface area (Å²) in [5.41, 5.74) is 5.40. The first kappa shape index (κ1) is 22.4. The lowest BCUT2D eigenvalue weighted by Crippen LogP contribution is -2.42. The van der Waals surface area contributed by atoms with Crippen LogP contribution in [-0.4, -0.2) is 40.1 Å². The molecular weight excluding hydrogens is 450 g/mol. The SMILES string of the molecule is C[C@]1(c2ccc([N+](=O)[O-])cc2)NC(=O)N(CC(=O)Nc2sc3c(c2C(N)=O)CCCC3)C1=O. The number of nitro groups is 1. The second-order valence-corrected chi connectivity index (χ2v) is 9.18. The Morgan fingerprint density at radius 1 is 1.24 bits per heavy atom. The average Bonchev–Trinajstić information content (AvgIpc) is 3.24. The van der Waals surface area contributed by atoms with Crippen molar-refractivity contribution in [1.82, 2.24) is 10.2 Å². The van der Waals surface area contributed by atoms with E-state index in [4.69, 9.17) is 5.73 Å². The molecular formula is C21H21N5O6S. The quantitative estimate of drug-likeness (QED) is 0.331. The van der Waals surface area contributed by atoms with Gasteiger partial charge in [0.15, 0.2) is 0 Å². The summed E-state index contributed by atoms with van der Waals surface area (Å²) in [6.45, 7) is 0.902. The minimum absolute atomic E-state index is 0.153. The van der Waals surface area contributed by atoms with Crippen molar-refractivity contribution in [2.75, 3.05) is 11.9 Å². The molecule has 12 heteroatoms. The Labute approximate surface area is 192 Å². The van der Waals surface area contributed by atoms with Crippen molar-refractivity contribution in [2.24, 2.45) is 5.73 Å². The molecule has 1 saturated heterocycles. The van der Waals surface area contributed by atoms with Gasteiger partial charge in [-0.15, -0.1) is 11.3 Å². The third-order valence-corrected chi connectivity index (χ3v) is 7.11. The molecule has 2 aromatic rings. The van der Waals surface area contributed by atoms with Crippen LogP contribution in [0.1, 0.15) is 46.1 Å². The van der Waals surface area contributed by atoms with Crippen LogP contribution in [0.4, 0.5) is 15.5 Å². The first-order chi connectivity index (χ1) is 15.6. The van der Waals surface area contributed by atoms with Gasteiger partial charge in [0, 0.05) is 17.0 Å². The summed E-state index contributed by atoms with van der Waals surface area (Å²) in [5.74, 6) is -1.95. The molecule has 0 unspecified atom stereocenters. The summed E-state index contributed by atoms with van der Waals surface area (Å²) in [5, 5.41) is 16.4. The summed E-state index contributed by atoms with van der Waals surface area (Å²) in [6, 6.07) is 4.47. The van der Waals surface area contributed by atoms with Gasteiger partial charge in [-0.25, -0.2) is 4.79 Å². The van der Waals surface area contributed by atoms with Gasteiger partial charge in [0.1, 0.15) is 17.1 Å². The number of imide groups is 1. The van der Waals surface area contributed by atoms with Gasteiger partial charge in [-0.2, -0.15) is 0 Å². The Kier molecular flexibility index (Phi) is 5.62. The number of hydrogen-bond donors (Lipinski definition) is 3. The number of non-ortho nitro benzene ring substituents is 1. The number of hydrogen-bond acceptors (Lipinski definition) is 7. The maximum Gasteiger partial charge on any atom is 0.325 e. The first-order valence-corrected chi connectivity index (χ1v) is 11.1. The molecule has 4 rings (SSSR count). The molecule has 1 fully saturated rings. The molecule has 0 bridgehead atoms. The molecule has 2 heterocycles. The van der Waals surface area contributed by atoms with Gasteiger partial charge >= 0.3 is 6.03 Å². The summed E-state index contributed by atoms with van der Waals surface area (Å²) in [7, 11) is 0. The zero-order chi connectivity index (χ0) is 23.9. The number of urea groups is 1. The predicted molar refractivity (Wildman–Crippen MR) is 119 cm³/mol. The van der Waals surface area contributed by atoms with Crippen LogP contribution in [0.15, 0.2) is 24.3 Å². The number of carbonyl (C=O) groups excluding carboxylic acids is 4. The smallest absolute Gasteiger partial charge is 0.325 e. The largest absolute Gasteiger partial charge is 0.365 e. The lowest BCUT2D eigenvalue weighted by Gasteiger charge is -2.22. The van der Waals surface area contributed by atoms with Gasteiger partial charge in [0.25, 0.3) is 17.5 Å². The summed E-state index contributed by atoms with van der Waals surface area (Å²) < 4.78 is 0. The van der Waals surface area contributed by atoms with E-state index in [1.165, 1.54) is 42.5 Å². The van der Waals surface area contributed by atoms with Crippen molar-refractivity contribution in [3.05, 3.63) is 55.9 Å². The Morgan fingerprint density at radius 2 is 1.91 bits per heavy atom. The number of anilines is 1. The second-order valence-electron chi connectivity index (χ2n) is 8.08. The molecule has 1 aliphatic heterocycles. The van der Waals surface area contributed by atoms with E-state index < -0.39 is 40.8 Å². The molecule has 0 radical (unpaired) electrons. The second kappa shape index (κ2) is 8.28. The minimum atomic E-state index is -1.48. The zero-order valence-corrected chi connectivity index (χ0v) is 18.5. The standard InChI is InChI=1S/C21H21N5O6S/c1-21(11-6-8-12(9-7-11)26(31)32)19(29)25(20(30)24-21)10-15(27)23-18-16(17(22)28)13-4-2-3-5-14(13)33-18/h6-9H,2-5,10H2,1H3,(H2,22,28)(H,23,27)(H,24,30)/t21-/m1/s1. The van der Waals surface area contributed by atoms with Gasteiger partial charge in [-0.05, 0) is 55.9 Å². The number of aryl methyl sites for hydroxylation is 1. The van der Waals surface area contributed by atoms with E-state index in [1.54, 1.807) is 0 Å². The summed E-state index contributed by atoms with van der Waals surface area (Å²) in [6.07, 6.45) is 3.43. The Morgan fingerprint density at radius 3 is 2.55 bits per heavy atom. The maximum atomic E-state index is 13.0. The molecule has 1 aromatic heterocycles. The first-order valence-electron chi connectivity index (χ1n) is 10.2. The van der Waals surface area contributed by atoms with E-state index in [9.17, 15) is 29.3 Å². The molecule has 0 spiro atoms. The molecule has 11 nitrogen and oxygen atoms in total. The Hall–Kier alpha value is -3.80. The highest BCUT2D eigenvalue weighted by Crippen LogP contribution is 2.38. The van der Waals surface area contributed by atoms with Crippen LogP contribution < -0.4 is 16.4 Å². The highest BCUT2D eigenvalue weighted by Gasteiger charge is 2.49. The van der Waals surface area contributed by atoms with Crippen molar-refractivity contribution >= 4 is 45.8 Å². The van der Waals surface area contributed by atoms with Crippen LogP contribution in [0.3, 0.4) is 0 Å². The normalized spacial score (nSPS) is 19.7. The fraction of sp³-hybridized carbons (Fsp3) is 0.333. The van der Waals surface area contributed by atoms with E-state index in [0.717, 1.165) is 34.6 Å². The van der Waals surface area contributed by atoms with Gasteiger partial charge < -0.3 is 16.4 Å². The van der Waals surface area contributed by atoms with Crippen LogP contribution in [-0.2, 0) is 28.0 Å². The average molecular weight is 471 g/mol. The molecule has 0 saturated carbocycles. The molecule has 1 aromatic carbocycles. The van der Waals surface area contributed by atoms with Crippen LogP contribution >= 0.6 is 11.3 Å². The van der Waals surface area contributed by atoms with Crippen LogP contribution in [0, 0.1) is 10.1 Å². The molecule has 5 amide bonds. The van der Waals surface area contributed by atoms with Crippen LogP contribution in [0.2, 0.25) is 0 Å². The Balaban J connectivity index is 1.52. The van der Waals surface area contributed by atoms with E-state index in [-0.39, 0.29) is 11.3 Å². The maximum absolute atomic E-state index is 13.0. The molecule has 172 valence electrons. The molecule has 4 N–H and O–H groups in total. The van der Waals surface area contributed by atoms with Crippen molar-refractivity contribution in [1.29, 1.82) is 0 Å². The number of nitrogens with zero attached hydrogens (tertiary/aromatic N) is 2. The number of benzene rings is 1. The number of fused-ring (bicyclic) bond motifs is 1. The summed E-state index contributed by atoms with van der Waals surface area (Å²) in [4.78, 5) is 62.3. The van der Waals surface area contributed by atoms with Crippen LogP contribution in [0.25, 0.3) is 0 Å². The number of nitrogens with two attached hydrogens (primary N) is 1. The predicted octanol–water partition coefficient (Wildman–Crippen LogP) is 2.04. The molecule has 1 atom stereocenters. The topological polar surface area (TPSA) is 165 Å². The lowest BCUT2D eigenvalue weighted by molar-refractivity contribution is -0.384. The molecule has 33 heavy (non-hydrogen) atoms. The molecule has 2 aliphatic rings. The number of primary amides is 1. The number of nitro benzene ring substituents is 1. The summed E-state index contributed by atoms with van der Waals surface area (Å²) >= 11 is 1.29. The highest BCUT2D eigenvalue weighted by molar-refractivity contribution is 7.17. The number of rotatable bonds is 6. The zero-order valence-electron chi connectivity index (χ0n) is 17.7. The number of carbonyl (C=O) groups is 4. The van der Waals surface area contributed by atoms with Crippen molar-refractivity contribution in [2.45, 2.75) is 38.1 Å². The number of amides is 5. The highest BCUT2D eigenvalue weighted by atomic mass is 32.1. The number of nitrogens with one attached hydrogen (secondary N) is 2. The van der Waals surface area contributed by atoms with E-state index in [0.29, 0.717) is 17.0 Å². The van der Waals surface area contributed by atoms with Gasteiger partial charge in [0.2, 0.25) is 5.91 Å². The minimum Gasteiger partial charge on any atom is -0.365 e. The fourth-order valence-electron chi connectivity index (χ4n) is 4.18. The van der Waals surface area contributed by atoms with Crippen LogP contribution in [0.5, 0.6) is 0 Å². The Bertz CT molecular complexity index is 1190. The third-order valence-electron chi connectivity index (χ3n) is 5.90. The van der Waals surface area contributed by atoms with Crippen molar-refractivity contribution < 1.29 is 24.1 Å². The number of thiophene rings is 1. The van der Waals surface area contributed by atoms with Crippen molar-refractivity contribution in [3.63, 3.8) is 0 Å². The van der Waals surface area contributed by atoms with E-state index >= 15 is 0 Å². The van der Waals surface area contributed by atoms with Gasteiger partial charge in [-0.1, -0.05) is 0 Å². The van der Waals surface area contributed by atoms with E-state index in [1.807, 2.05) is 0 Å². The fourth-order valence-corrected chi connectivity index (χ4v) is 5.49. The molecule has 1 aliphatic carbocycles.